The van der Waals surface area contributed by atoms with E-state index in [1.165, 1.54) is 0 Å². The number of hydrazone groups is 1. The Morgan fingerprint density at radius 1 is 1.53 bits per heavy atom. The molecule has 0 radical (unpaired) electrons. The molecule has 1 aromatic rings. The molecule has 0 saturated carbocycles. The molecule has 1 N–H and O–H groups in total. The molecule has 3 rings (SSSR count). The first kappa shape index (κ1) is 12.1. The third-order valence-electron chi connectivity index (χ3n) is 3.23. The number of amides is 1. The predicted octanol–water partition coefficient (Wildman–Crippen LogP) is 0.767. The molecule has 1 amide bonds. The minimum atomic E-state index is -0.156. The van der Waals surface area contributed by atoms with Crippen molar-refractivity contribution in [2.45, 2.75) is 6.04 Å². The van der Waals surface area contributed by atoms with Crippen LogP contribution in [0.15, 0.2) is 29.4 Å². The topological polar surface area (TPSA) is 68.5 Å². The molecule has 1 saturated heterocycles. The second-order valence-electron chi connectivity index (χ2n) is 4.39. The molecule has 0 spiro atoms. The van der Waals surface area contributed by atoms with Gasteiger partial charge in [0.25, 0.3) is 5.91 Å². The van der Waals surface area contributed by atoms with Crippen LogP contribution in [0.4, 0.5) is 0 Å². The summed E-state index contributed by atoms with van der Waals surface area (Å²) < 4.78 is 0. The normalized spacial score (nSPS) is 22.1. The van der Waals surface area contributed by atoms with Crippen molar-refractivity contribution in [2.24, 2.45) is 5.10 Å². The first-order chi connectivity index (χ1) is 9.29. The van der Waals surface area contributed by atoms with Crippen LogP contribution in [-0.2, 0) is 4.79 Å². The van der Waals surface area contributed by atoms with Crippen LogP contribution in [0.3, 0.4) is 0 Å². The smallest absolute Gasteiger partial charge is 0.263 e. The number of rotatable bonds is 1. The maximum atomic E-state index is 11.8. The van der Waals surface area contributed by atoms with Gasteiger partial charge in [-0.1, -0.05) is 12.1 Å². The molecule has 5 nitrogen and oxygen atoms in total. The summed E-state index contributed by atoms with van der Waals surface area (Å²) in [5.41, 5.74) is 4.05. The number of fused-ring (bicyclic) bond motifs is 1. The lowest BCUT2D eigenvalue weighted by Gasteiger charge is -2.38. The molecular formula is C13H12N4OS. The van der Waals surface area contributed by atoms with Gasteiger partial charge in [0.15, 0.2) is 5.84 Å². The zero-order valence-corrected chi connectivity index (χ0v) is 11.0. The Morgan fingerprint density at radius 2 is 2.42 bits per heavy atom. The monoisotopic (exact) mass is 272 g/mol. The van der Waals surface area contributed by atoms with E-state index in [1.54, 1.807) is 23.9 Å². The van der Waals surface area contributed by atoms with E-state index in [0.29, 0.717) is 5.56 Å². The fourth-order valence-corrected chi connectivity index (χ4v) is 3.33. The number of nitrogens with zero attached hydrogens (tertiary/aromatic N) is 3. The van der Waals surface area contributed by atoms with E-state index in [2.05, 4.69) is 16.6 Å². The minimum Gasteiger partial charge on any atom is -0.341 e. The average Bonchev–Trinajstić information content (AvgIpc) is 2.48. The molecule has 96 valence electrons. The lowest BCUT2D eigenvalue weighted by molar-refractivity contribution is -0.125. The number of benzene rings is 1. The Balaban J connectivity index is 1.99. The Labute approximate surface area is 115 Å². The van der Waals surface area contributed by atoms with Gasteiger partial charge < -0.3 is 4.90 Å². The number of amidine groups is 1. The summed E-state index contributed by atoms with van der Waals surface area (Å²) in [6, 6.07) is 9.27. The van der Waals surface area contributed by atoms with Gasteiger partial charge in [-0.3, -0.25) is 4.79 Å². The van der Waals surface area contributed by atoms with Gasteiger partial charge >= 0.3 is 0 Å². The van der Waals surface area contributed by atoms with E-state index in [-0.39, 0.29) is 11.9 Å². The Morgan fingerprint density at radius 3 is 3.26 bits per heavy atom. The van der Waals surface area contributed by atoms with Crippen molar-refractivity contribution < 1.29 is 4.79 Å². The highest BCUT2D eigenvalue weighted by atomic mass is 32.2. The SMILES string of the molecule is N#Cc1cccc(C2=NNC(=O)C3CSCCN23)c1. The van der Waals surface area contributed by atoms with Gasteiger partial charge in [0.05, 0.1) is 11.6 Å². The van der Waals surface area contributed by atoms with Crippen LogP contribution in [0, 0.1) is 11.3 Å². The van der Waals surface area contributed by atoms with Gasteiger partial charge in [0.1, 0.15) is 6.04 Å². The molecule has 0 aromatic heterocycles. The van der Waals surface area contributed by atoms with Crippen molar-refractivity contribution in [3.8, 4) is 6.07 Å². The highest BCUT2D eigenvalue weighted by Crippen LogP contribution is 2.22. The molecule has 1 fully saturated rings. The van der Waals surface area contributed by atoms with Crippen LogP contribution in [-0.4, -0.2) is 40.7 Å². The van der Waals surface area contributed by atoms with Crippen LogP contribution in [0.1, 0.15) is 11.1 Å². The van der Waals surface area contributed by atoms with Gasteiger partial charge in [0, 0.05) is 23.6 Å². The predicted molar refractivity (Wildman–Crippen MR) is 73.7 cm³/mol. The van der Waals surface area contributed by atoms with Crippen molar-refractivity contribution >= 4 is 23.5 Å². The molecule has 1 atom stereocenters. The van der Waals surface area contributed by atoms with E-state index in [1.807, 2.05) is 17.0 Å². The Bertz CT molecular complexity index is 593. The number of carbonyl (C=O) groups excluding carboxylic acids is 1. The van der Waals surface area contributed by atoms with Crippen LogP contribution in [0.5, 0.6) is 0 Å². The van der Waals surface area contributed by atoms with Crippen molar-refractivity contribution in [3.05, 3.63) is 35.4 Å². The maximum Gasteiger partial charge on any atom is 0.263 e. The number of carbonyl (C=O) groups is 1. The fraction of sp³-hybridized carbons (Fsp3) is 0.308. The van der Waals surface area contributed by atoms with Gasteiger partial charge in [-0.25, -0.2) is 5.43 Å². The van der Waals surface area contributed by atoms with E-state index >= 15 is 0 Å². The van der Waals surface area contributed by atoms with Gasteiger partial charge in [-0.05, 0) is 12.1 Å². The fourth-order valence-electron chi connectivity index (χ4n) is 2.28. The number of nitrogens with one attached hydrogen (secondary N) is 1. The summed E-state index contributed by atoms with van der Waals surface area (Å²) in [7, 11) is 0. The van der Waals surface area contributed by atoms with Gasteiger partial charge in [-0.15, -0.1) is 0 Å². The van der Waals surface area contributed by atoms with Crippen LogP contribution in [0.25, 0.3) is 0 Å². The summed E-state index contributed by atoms with van der Waals surface area (Å²) in [6.07, 6.45) is 0. The van der Waals surface area contributed by atoms with Gasteiger partial charge in [0.2, 0.25) is 0 Å². The molecule has 1 aromatic carbocycles. The molecule has 2 heterocycles. The Kier molecular flexibility index (Phi) is 3.13. The van der Waals surface area contributed by atoms with E-state index < -0.39 is 0 Å². The third kappa shape index (κ3) is 2.17. The van der Waals surface area contributed by atoms with Crippen molar-refractivity contribution in [2.75, 3.05) is 18.1 Å². The maximum absolute atomic E-state index is 11.8. The summed E-state index contributed by atoms with van der Waals surface area (Å²) in [6.45, 7) is 0.804. The lowest BCUT2D eigenvalue weighted by Crippen LogP contribution is -2.57. The van der Waals surface area contributed by atoms with E-state index in [4.69, 9.17) is 5.26 Å². The molecule has 19 heavy (non-hydrogen) atoms. The number of hydrogen-bond donors (Lipinski definition) is 1. The van der Waals surface area contributed by atoms with Crippen LogP contribution < -0.4 is 5.43 Å². The summed E-state index contributed by atoms with van der Waals surface area (Å²) in [5.74, 6) is 2.47. The minimum absolute atomic E-state index is 0.0487. The van der Waals surface area contributed by atoms with Crippen molar-refractivity contribution in [1.29, 1.82) is 5.26 Å². The lowest BCUT2D eigenvalue weighted by atomic mass is 10.1. The summed E-state index contributed by atoms with van der Waals surface area (Å²) in [5, 5.41) is 13.1. The zero-order valence-electron chi connectivity index (χ0n) is 10.2. The third-order valence-corrected chi connectivity index (χ3v) is 4.25. The van der Waals surface area contributed by atoms with Gasteiger partial charge in [-0.2, -0.15) is 22.1 Å². The second kappa shape index (κ2) is 4.94. The largest absolute Gasteiger partial charge is 0.341 e. The molecule has 0 aliphatic carbocycles. The molecule has 1 unspecified atom stereocenters. The number of thioether (sulfide) groups is 1. The van der Waals surface area contributed by atoms with Crippen molar-refractivity contribution in [1.82, 2.24) is 10.3 Å². The molecule has 2 aliphatic heterocycles. The zero-order chi connectivity index (χ0) is 13.2. The molecule has 2 aliphatic rings. The first-order valence-corrected chi connectivity index (χ1v) is 7.17. The highest BCUT2D eigenvalue weighted by Gasteiger charge is 2.35. The standard InChI is InChI=1S/C13H12N4OS/c14-7-9-2-1-3-10(6-9)12-15-16-13(18)11-8-19-5-4-17(11)12/h1-3,6,11H,4-5,8H2,(H,16,18). The van der Waals surface area contributed by atoms with Crippen LogP contribution in [0.2, 0.25) is 0 Å². The second-order valence-corrected chi connectivity index (χ2v) is 5.54. The van der Waals surface area contributed by atoms with Crippen LogP contribution >= 0.6 is 11.8 Å². The highest BCUT2D eigenvalue weighted by molar-refractivity contribution is 7.99. The van der Waals surface area contributed by atoms with E-state index in [0.717, 1.165) is 29.4 Å². The quantitative estimate of drug-likeness (QED) is 0.820. The Hall–Kier alpha value is -2.00. The van der Waals surface area contributed by atoms with E-state index in [9.17, 15) is 4.79 Å². The molecular weight excluding hydrogens is 260 g/mol. The summed E-state index contributed by atoms with van der Waals surface area (Å²) in [4.78, 5) is 13.8. The first-order valence-electron chi connectivity index (χ1n) is 6.02. The summed E-state index contributed by atoms with van der Waals surface area (Å²) >= 11 is 1.78. The number of nitriles is 1. The molecule has 0 bridgehead atoms. The number of hydrogen-bond acceptors (Lipinski definition) is 5. The molecule has 6 heteroatoms. The van der Waals surface area contributed by atoms with Crippen molar-refractivity contribution in [3.63, 3.8) is 0 Å². The average molecular weight is 272 g/mol.